The van der Waals surface area contributed by atoms with Crippen molar-refractivity contribution in [3.63, 3.8) is 0 Å². The molecular weight excluding hydrogens is 254 g/mol. The molecule has 2 rings (SSSR count). The molecule has 1 heterocycles. The zero-order valence-electron chi connectivity index (χ0n) is 12.1. The average Bonchev–Trinajstić information content (AvgIpc) is 2.98. The van der Waals surface area contributed by atoms with Crippen molar-refractivity contribution in [3.8, 4) is 11.5 Å². The first-order valence-electron chi connectivity index (χ1n) is 7.07. The average molecular weight is 277 g/mol. The van der Waals surface area contributed by atoms with Gasteiger partial charge in [-0.25, -0.2) is 0 Å². The smallest absolute Gasteiger partial charge is 0.166 e. The first kappa shape index (κ1) is 14.9. The van der Waals surface area contributed by atoms with Crippen LogP contribution in [-0.2, 0) is 11.3 Å². The van der Waals surface area contributed by atoms with Crippen LogP contribution >= 0.6 is 0 Å². The van der Waals surface area contributed by atoms with Gasteiger partial charge in [0.2, 0.25) is 0 Å². The Balaban J connectivity index is 1.95. The minimum atomic E-state index is 0.346. The van der Waals surface area contributed by atoms with E-state index in [-0.39, 0.29) is 0 Å². The van der Waals surface area contributed by atoms with Gasteiger partial charge in [-0.3, -0.25) is 0 Å². The Morgan fingerprint density at radius 1 is 1.50 bits per heavy atom. The van der Waals surface area contributed by atoms with Crippen molar-refractivity contribution in [3.05, 3.63) is 36.4 Å². The van der Waals surface area contributed by atoms with Crippen LogP contribution in [0.2, 0.25) is 0 Å². The van der Waals surface area contributed by atoms with E-state index in [9.17, 15) is 0 Å². The zero-order chi connectivity index (χ0) is 14.2. The molecule has 1 atom stereocenters. The van der Waals surface area contributed by atoms with Crippen LogP contribution in [0.3, 0.4) is 0 Å². The van der Waals surface area contributed by atoms with Gasteiger partial charge in [-0.1, -0.05) is 24.8 Å². The normalized spacial score (nSPS) is 17.9. The quantitative estimate of drug-likeness (QED) is 0.741. The molecule has 1 aliphatic heterocycles. The van der Waals surface area contributed by atoms with E-state index in [2.05, 4.69) is 11.9 Å². The summed E-state index contributed by atoms with van der Waals surface area (Å²) in [6.45, 7) is 6.65. The topological polar surface area (TPSA) is 39.7 Å². The Bertz CT molecular complexity index is 428. The van der Waals surface area contributed by atoms with E-state index >= 15 is 0 Å². The van der Waals surface area contributed by atoms with Crippen LogP contribution in [0.4, 0.5) is 0 Å². The predicted molar refractivity (Wildman–Crippen MR) is 79.4 cm³/mol. The SMILES string of the molecule is C=CCOc1c(CNC[C@@H]2CCCO2)cccc1OC. The molecule has 1 N–H and O–H groups in total. The summed E-state index contributed by atoms with van der Waals surface area (Å²) in [6.07, 6.45) is 4.39. The number of benzene rings is 1. The highest BCUT2D eigenvalue weighted by molar-refractivity contribution is 5.46. The van der Waals surface area contributed by atoms with Gasteiger partial charge in [0, 0.05) is 25.3 Å². The summed E-state index contributed by atoms with van der Waals surface area (Å²) in [4.78, 5) is 0. The Morgan fingerprint density at radius 2 is 2.40 bits per heavy atom. The van der Waals surface area contributed by atoms with Crippen LogP contribution in [0, 0.1) is 0 Å². The number of methoxy groups -OCH3 is 1. The monoisotopic (exact) mass is 277 g/mol. The van der Waals surface area contributed by atoms with Gasteiger partial charge in [0.15, 0.2) is 11.5 Å². The summed E-state index contributed by atoms with van der Waals surface area (Å²) in [7, 11) is 1.65. The molecule has 0 aliphatic carbocycles. The maximum atomic E-state index is 5.72. The van der Waals surface area contributed by atoms with Crippen LogP contribution in [0.15, 0.2) is 30.9 Å². The Morgan fingerprint density at radius 3 is 3.10 bits per heavy atom. The molecule has 4 heteroatoms. The molecule has 0 amide bonds. The second-order valence-corrected chi connectivity index (χ2v) is 4.81. The van der Waals surface area contributed by atoms with Crippen molar-refractivity contribution in [1.29, 1.82) is 0 Å². The Labute approximate surface area is 120 Å². The van der Waals surface area contributed by atoms with E-state index in [4.69, 9.17) is 14.2 Å². The number of hydrogen-bond donors (Lipinski definition) is 1. The van der Waals surface area contributed by atoms with Gasteiger partial charge in [0.05, 0.1) is 13.2 Å². The molecule has 0 radical (unpaired) electrons. The predicted octanol–water partition coefficient (Wildman–Crippen LogP) is 2.53. The largest absolute Gasteiger partial charge is 0.493 e. The highest BCUT2D eigenvalue weighted by Gasteiger charge is 2.15. The van der Waals surface area contributed by atoms with Gasteiger partial charge in [-0.2, -0.15) is 0 Å². The summed E-state index contributed by atoms with van der Waals surface area (Å²) < 4.78 is 16.7. The molecule has 1 saturated heterocycles. The molecule has 1 aromatic carbocycles. The van der Waals surface area contributed by atoms with Crippen LogP contribution in [0.1, 0.15) is 18.4 Å². The second-order valence-electron chi connectivity index (χ2n) is 4.81. The molecular formula is C16H23NO3. The molecule has 1 aromatic rings. The van der Waals surface area contributed by atoms with Crippen molar-refractivity contribution < 1.29 is 14.2 Å². The van der Waals surface area contributed by atoms with Crippen molar-refractivity contribution >= 4 is 0 Å². The number of ether oxygens (including phenoxy) is 3. The number of hydrogen-bond acceptors (Lipinski definition) is 4. The van der Waals surface area contributed by atoms with Crippen molar-refractivity contribution in [2.75, 3.05) is 26.9 Å². The van der Waals surface area contributed by atoms with E-state index in [1.165, 1.54) is 6.42 Å². The molecule has 0 bridgehead atoms. The first-order chi connectivity index (χ1) is 9.85. The van der Waals surface area contributed by atoms with E-state index in [0.29, 0.717) is 12.7 Å². The highest BCUT2D eigenvalue weighted by atomic mass is 16.5. The van der Waals surface area contributed by atoms with Crippen LogP contribution < -0.4 is 14.8 Å². The Hall–Kier alpha value is -1.52. The number of nitrogens with one attached hydrogen (secondary N) is 1. The minimum Gasteiger partial charge on any atom is -0.493 e. The lowest BCUT2D eigenvalue weighted by atomic mass is 10.1. The fourth-order valence-electron chi connectivity index (χ4n) is 2.34. The zero-order valence-corrected chi connectivity index (χ0v) is 12.1. The van der Waals surface area contributed by atoms with Crippen molar-refractivity contribution in [2.24, 2.45) is 0 Å². The van der Waals surface area contributed by atoms with Crippen molar-refractivity contribution in [1.82, 2.24) is 5.32 Å². The molecule has 110 valence electrons. The van der Waals surface area contributed by atoms with Crippen LogP contribution in [-0.4, -0.2) is 33.0 Å². The molecule has 0 aromatic heterocycles. The molecule has 0 unspecified atom stereocenters. The van der Waals surface area contributed by atoms with Gasteiger partial charge >= 0.3 is 0 Å². The molecule has 0 saturated carbocycles. The van der Waals surface area contributed by atoms with Gasteiger partial charge in [0.25, 0.3) is 0 Å². The van der Waals surface area contributed by atoms with Gasteiger partial charge in [0.1, 0.15) is 6.61 Å². The summed E-state index contributed by atoms with van der Waals surface area (Å²) in [5.41, 5.74) is 1.09. The molecule has 20 heavy (non-hydrogen) atoms. The third-order valence-electron chi connectivity index (χ3n) is 3.34. The lowest BCUT2D eigenvalue weighted by molar-refractivity contribution is 0.110. The second kappa shape index (κ2) is 7.92. The maximum absolute atomic E-state index is 5.72. The van der Waals surface area contributed by atoms with E-state index in [0.717, 1.165) is 43.2 Å². The third-order valence-corrected chi connectivity index (χ3v) is 3.34. The molecule has 4 nitrogen and oxygen atoms in total. The molecule has 1 fully saturated rings. The third kappa shape index (κ3) is 3.99. The Kier molecular flexibility index (Phi) is 5.89. The lowest BCUT2D eigenvalue weighted by Crippen LogP contribution is -2.26. The summed E-state index contributed by atoms with van der Waals surface area (Å²) in [5.74, 6) is 1.54. The highest BCUT2D eigenvalue weighted by Crippen LogP contribution is 2.31. The van der Waals surface area contributed by atoms with Crippen LogP contribution in [0.25, 0.3) is 0 Å². The van der Waals surface area contributed by atoms with E-state index < -0.39 is 0 Å². The summed E-state index contributed by atoms with van der Waals surface area (Å²) in [6, 6.07) is 5.92. The number of para-hydroxylation sites is 1. The molecule has 0 spiro atoms. The molecule has 1 aliphatic rings. The summed E-state index contributed by atoms with van der Waals surface area (Å²) in [5, 5.41) is 3.43. The summed E-state index contributed by atoms with van der Waals surface area (Å²) >= 11 is 0. The van der Waals surface area contributed by atoms with Gasteiger partial charge in [-0.15, -0.1) is 0 Å². The van der Waals surface area contributed by atoms with Crippen molar-refractivity contribution in [2.45, 2.75) is 25.5 Å². The van der Waals surface area contributed by atoms with E-state index in [1.54, 1.807) is 13.2 Å². The van der Waals surface area contributed by atoms with Gasteiger partial charge < -0.3 is 19.5 Å². The standard InChI is InChI=1S/C16H23NO3/c1-3-9-20-16-13(6-4-8-15(16)18-2)11-17-12-14-7-5-10-19-14/h3-4,6,8,14,17H,1,5,7,9-12H2,2H3/t14-/m0/s1. The minimum absolute atomic E-state index is 0.346. The van der Waals surface area contributed by atoms with Crippen LogP contribution in [0.5, 0.6) is 11.5 Å². The van der Waals surface area contributed by atoms with E-state index in [1.807, 2.05) is 18.2 Å². The fraction of sp³-hybridized carbons (Fsp3) is 0.500. The fourth-order valence-corrected chi connectivity index (χ4v) is 2.34. The lowest BCUT2D eigenvalue weighted by Gasteiger charge is -2.16. The first-order valence-corrected chi connectivity index (χ1v) is 7.07. The maximum Gasteiger partial charge on any atom is 0.166 e. The van der Waals surface area contributed by atoms with Gasteiger partial charge in [-0.05, 0) is 18.9 Å². The number of rotatable bonds is 8.